The molecule has 3 nitrogen and oxygen atoms in total. The van der Waals surface area contributed by atoms with Gasteiger partial charge in [-0.25, -0.2) is 0 Å². The minimum atomic E-state index is -0.138. The summed E-state index contributed by atoms with van der Waals surface area (Å²) in [7, 11) is 0. The van der Waals surface area contributed by atoms with Gasteiger partial charge >= 0.3 is 5.97 Å². The normalized spacial score (nSPS) is 25.8. The highest BCUT2D eigenvalue weighted by Gasteiger charge is 2.21. The average molecular weight is 245 g/mol. The number of thioether (sulfide) groups is 1. The number of carbonyl (C=O) groups excluding carboxylic acids is 1. The number of nitrogens with one attached hydrogen (secondary N) is 1. The standard InChI is InChI=1S/C12H23NO2S/c1-9(2)15-12(14)8-13-10-5-4-6-11(7-10)16-3/h9-11,13H,4-8H2,1-3H3. The molecule has 1 aliphatic rings. The van der Waals surface area contributed by atoms with E-state index in [0.717, 1.165) is 5.25 Å². The molecule has 0 aliphatic heterocycles. The Bertz CT molecular complexity index is 221. The van der Waals surface area contributed by atoms with Crippen molar-refractivity contribution < 1.29 is 9.53 Å². The molecule has 0 bridgehead atoms. The summed E-state index contributed by atoms with van der Waals surface area (Å²) < 4.78 is 5.09. The first-order valence-electron chi connectivity index (χ1n) is 6.07. The van der Waals surface area contributed by atoms with E-state index in [-0.39, 0.29) is 12.1 Å². The van der Waals surface area contributed by atoms with Gasteiger partial charge in [-0.1, -0.05) is 6.42 Å². The first-order chi connectivity index (χ1) is 7.61. The third-order valence-electron chi connectivity index (χ3n) is 2.86. The van der Waals surface area contributed by atoms with E-state index in [4.69, 9.17) is 4.74 Å². The predicted molar refractivity (Wildman–Crippen MR) is 68.8 cm³/mol. The molecule has 0 heterocycles. The van der Waals surface area contributed by atoms with Crippen LogP contribution in [0.3, 0.4) is 0 Å². The Labute approximate surface area is 103 Å². The van der Waals surface area contributed by atoms with Crippen LogP contribution in [0, 0.1) is 0 Å². The number of esters is 1. The molecule has 0 saturated heterocycles. The number of rotatable bonds is 5. The quantitative estimate of drug-likeness (QED) is 0.754. The fourth-order valence-electron chi connectivity index (χ4n) is 2.08. The van der Waals surface area contributed by atoms with Gasteiger partial charge in [-0.15, -0.1) is 0 Å². The summed E-state index contributed by atoms with van der Waals surface area (Å²) in [6.45, 7) is 4.11. The predicted octanol–water partition coefficient (Wildman–Crippen LogP) is 2.20. The molecule has 0 aromatic rings. The van der Waals surface area contributed by atoms with Crippen LogP contribution in [0.25, 0.3) is 0 Å². The molecule has 4 heteroatoms. The maximum Gasteiger partial charge on any atom is 0.320 e. The van der Waals surface area contributed by atoms with E-state index in [1.807, 2.05) is 25.6 Å². The van der Waals surface area contributed by atoms with E-state index in [1.165, 1.54) is 25.7 Å². The van der Waals surface area contributed by atoms with Gasteiger partial charge in [-0.3, -0.25) is 4.79 Å². The summed E-state index contributed by atoms with van der Waals surface area (Å²) in [6.07, 6.45) is 7.10. The Balaban J connectivity index is 2.19. The summed E-state index contributed by atoms with van der Waals surface area (Å²) in [5.74, 6) is -0.138. The average Bonchev–Trinajstić information content (AvgIpc) is 2.26. The van der Waals surface area contributed by atoms with Crippen LogP contribution in [0.2, 0.25) is 0 Å². The van der Waals surface area contributed by atoms with Crippen molar-refractivity contribution in [3.05, 3.63) is 0 Å². The van der Waals surface area contributed by atoms with Gasteiger partial charge < -0.3 is 10.1 Å². The molecule has 1 N–H and O–H groups in total. The molecular weight excluding hydrogens is 222 g/mol. The zero-order valence-electron chi connectivity index (χ0n) is 10.5. The molecule has 16 heavy (non-hydrogen) atoms. The summed E-state index contributed by atoms with van der Waals surface area (Å²) >= 11 is 1.94. The van der Waals surface area contributed by atoms with Crippen LogP contribution in [0.5, 0.6) is 0 Å². The SMILES string of the molecule is CSC1CCCC(NCC(=O)OC(C)C)C1. The van der Waals surface area contributed by atoms with Crippen molar-refractivity contribution >= 4 is 17.7 Å². The van der Waals surface area contributed by atoms with Crippen molar-refractivity contribution in [1.82, 2.24) is 5.32 Å². The van der Waals surface area contributed by atoms with Crippen LogP contribution in [-0.4, -0.2) is 36.2 Å². The maximum atomic E-state index is 11.4. The molecule has 2 unspecified atom stereocenters. The van der Waals surface area contributed by atoms with E-state index in [1.54, 1.807) is 0 Å². The van der Waals surface area contributed by atoms with Gasteiger partial charge in [0.25, 0.3) is 0 Å². The Morgan fingerprint density at radius 2 is 2.25 bits per heavy atom. The van der Waals surface area contributed by atoms with Crippen LogP contribution in [0.4, 0.5) is 0 Å². The van der Waals surface area contributed by atoms with Crippen LogP contribution in [0.15, 0.2) is 0 Å². The van der Waals surface area contributed by atoms with E-state index in [2.05, 4.69) is 11.6 Å². The maximum absolute atomic E-state index is 11.4. The van der Waals surface area contributed by atoms with E-state index in [9.17, 15) is 4.79 Å². The third-order valence-corrected chi connectivity index (χ3v) is 3.96. The zero-order chi connectivity index (χ0) is 12.0. The number of hydrogen-bond donors (Lipinski definition) is 1. The van der Waals surface area contributed by atoms with Crippen molar-refractivity contribution in [3.8, 4) is 0 Å². The molecule has 1 rings (SSSR count). The van der Waals surface area contributed by atoms with Crippen molar-refractivity contribution in [3.63, 3.8) is 0 Å². The second-order valence-electron chi connectivity index (χ2n) is 4.64. The van der Waals surface area contributed by atoms with Gasteiger partial charge in [0, 0.05) is 11.3 Å². The number of carbonyl (C=O) groups is 1. The molecule has 1 fully saturated rings. The van der Waals surface area contributed by atoms with Crippen LogP contribution >= 0.6 is 11.8 Å². The molecule has 0 aromatic carbocycles. The van der Waals surface area contributed by atoms with Gasteiger partial charge in [0.1, 0.15) is 0 Å². The number of ether oxygens (including phenoxy) is 1. The van der Waals surface area contributed by atoms with E-state index < -0.39 is 0 Å². The van der Waals surface area contributed by atoms with Gasteiger partial charge in [-0.05, 0) is 39.4 Å². The fourth-order valence-corrected chi connectivity index (χ4v) is 2.90. The highest BCUT2D eigenvalue weighted by Crippen LogP contribution is 2.26. The van der Waals surface area contributed by atoms with Crippen LogP contribution in [0.1, 0.15) is 39.5 Å². The Kier molecular flexibility index (Phi) is 6.21. The van der Waals surface area contributed by atoms with Gasteiger partial charge in [0.05, 0.1) is 12.6 Å². The molecule has 0 spiro atoms. The summed E-state index contributed by atoms with van der Waals surface area (Å²) in [6, 6.07) is 0.492. The van der Waals surface area contributed by atoms with E-state index in [0.29, 0.717) is 12.6 Å². The fraction of sp³-hybridized carbons (Fsp3) is 0.917. The Morgan fingerprint density at radius 3 is 2.88 bits per heavy atom. The van der Waals surface area contributed by atoms with Gasteiger partial charge in [0.15, 0.2) is 0 Å². The topological polar surface area (TPSA) is 38.3 Å². The van der Waals surface area contributed by atoms with Crippen molar-refractivity contribution in [2.75, 3.05) is 12.8 Å². The van der Waals surface area contributed by atoms with Crippen LogP contribution in [-0.2, 0) is 9.53 Å². The first kappa shape index (κ1) is 13.8. The molecule has 0 aromatic heterocycles. The smallest absolute Gasteiger partial charge is 0.320 e. The molecule has 0 amide bonds. The largest absolute Gasteiger partial charge is 0.462 e. The molecule has 1 saturated carbocycles. The van der Waals surface area contributed by atoms with Crippen molar-refractivity contribution in [1.29, 1.82) is 0 Å². The Hall–Kier alpha value is -0.220. The molecule has 94 valence electrons. The van der Waals surface area contributed by atoms with Gasteiger partial charge in [-0.2, -0.15) is 11.8 Å². The summed E-state index contributed by atoms with van der Waals surface area (Å²) in [4.78, 5) is 11.4. The zero-order valence-corrected chi connectivity index (χ0v) is 11.3. The molecule has 1 aliphatic carbocycles. The summed E-state index contributed by atoms with van der Waals surface area (Å²) in [5, 5.41) is 4.06. The molecular formula is C12H23NO2S. The highest BCUT2D eigenvalue weighted by atomic mass is 32.2. The lowest BCUT2D eigenvalue weighted by atomic mass is 9.95. The minimum Gasteiger partial charge on any atom is -0.462 e. The van der Waals surface area contributed by atoms with E-state index >= 15 is 0 Å². The number of hydrogen-bond acceptors (Lipinski definition) is 4. The Morgan fingerprint density at radius 1 is 1.50 bits per heavy atom. The first-order valence-corrected chi connectivity index (χ1v) is 7.36. The molecule has 0 radical (unpaired) electrons. The molecule has 2 atom stereocenters. The lowest BCUT2D eigenvalue weighted by molar-refractivity contribution is -0.146. The lowest BCUT2D eigenvalue weighted by Crippen LogP contribution is -2.39. The van der Waals surface area contributed by atoms with Crippen molar-refractivity contribution in [2.45, 2.75) is 56.9 Å². The second-order valence-corrected chi connectivity index (χ2v) is 5.78. The third kappa shape index (κ3) is 5.21. The summed E-state index contributed by atoms with van der Waals surface area (Å²) in [5.41, 5.74) is 0. The lowest BCUT2D eigenvalue weighted by Gasteiger charge is -2.28. The van der Waals surface area contributed by atoms with Crippen LogP contribution < -0.4 is 5.32 Å². The monoisotopic (exact) mass is 245 g/mol. The van der Waals surface area contributed by atoms with Crippen molar-refractivity contribution in [2.24, 2.45) is 0 Å². The highest BCUT2D eigenvalue weighted by molar-refractivity contribution is 7.99. The minimum absolute atomic E-state index is 0.0143. The second kappa shape index (κ2) is 7.17. The van der Waals surface area contributed by atoms with Gasteiger partial charge in [0.2, 0.25) is 0 Å².